The maximum Gasteiger partial charge on any atom is 0.269 e. The van der Waals surface area contributed by atoms with Gasteiger partial charge in [-0.1, -0.05) is 30.3 Å². The summed E-state index contributed by atoms with van der Waals surface area (Å²) in [6.07, 6.45) is 4.74. The van der Waals surface area contributed by atoms with Crippen LogP contribution in [0.5, 0.6) is 11.5 Å². The maximum atomic E-state index is 12.0. The van der Waals surface area contributed by atoms with E-state index in [1.165, 1.54) is 12.3 Å². The topological polar surface area (TPSA) is 80.3 Å². The molecular formula is C22H19N3O3. The number of carbonyl (C=O) groups is 2. The molecule has 0 aliphatic heterocycles. The summed E-state index contributed by atoms with van der Waals surface area (Å²) < 4.78 is 5.73. The van der Waals surface area contributed by atoms with Crippen molar-refractivity contribution in [3.8, 4) is 11.5 Å². The second-order valence-corrected chi connectivity index (χ2v) is 5.82. The Balaban J connectivity index is 1.60. The first-order valence-electron chi connectivity index (χ1n) is 8.64. The molecule has 2 aromatic carbocycles. The Labute approximate surface area is 162 Å². The first-order chi connectivity index (χ1) is 13.6. The van der Waals surface area contributed by atoms with Gasteiger partial charge in [-0.05, 0) is 42.0 Å². The number of aromatic nitrogens is 1. The van der Waals surface area contributed by atoms with Crippen LogP contribution >= 0.6 is 0 Å². The van der Waals surface area contributed by atoms with Crippen molar-refractivity contribution in [3.05, 3.63) is 90.3 Å². The van der Waals surface area contributed by atoms with E-state index in [1.807, 2.05) is 30.3 Å². The summed E-state index contributed by atoms with van der Waals surface area (Å²) >= 11 is 0. The van der Waals surface area contributed by atoms with Crippen LogP contribution in [0.2, 0.25) is 0 Å². The molecule has 3 rings (SSSR count). The van der Waals surface area contributed by atoms with E-state index < -0.39 is 0 Å². The SMILES string of the molecule is CNC(=O)c1cc(Oc2ccc(NC(=O)/C=C/c3ccccc3)cc2)ccn1. The lowest BCUT2D eigenvalue weighted by Crippen LogP contribution is -2.18. The fourth-order valence-corrected chi connectivity index (χ4v) is 2.39. The molecule has 0 bridgehead atoms. The molecule has 0 unspecified atom stereocenters. The van der Waals surface area contributed by atoms with Crippen molar-refractivity contribution in [1.29, 1.82) is 0 Å². The Hall–Kier alpha value is -3.93. The second-order valence-electron chi connectivity index (χ2n) is 5.82. The van der Waals surface area contributed by atoms with E-state index in [9.17, 15) is 9.59 Å². The zero-order chi connectivity index (χ0) is 19.8. The van der Waals surface area contributed by atoms with Crippen LogP contribution in [0, 0.1) is 0 Å². The molecule has 0 aliphatic carbocycles. The maximum absolute atomic E-state index is 12.0. The van der Waals surface area contributed by atoms with Gasteiger partial charge in [0.15, 0.2) is 0 Å². The minimum absolute atomic E-state index is 0.220. The first kappa shape index (κ1) is 18.8. The van der Waals surface area contributed by atoms with Gasteiger partial charge >= 0.3 is 0 Å². The number of carbonyl (C=O) groups excluding carboxylic acids is 2. The molecule has 0 aliphatic rings. The number of pyridine rings is 1. The van der Waals surface area contributed by atoms with E-state index in [-0.39, 0.29) is 17.5 Å². The number of hydrogen-bond donors (Lipinski definition) is 2. The number of hydrogen-bond acceptors (Lipinski definition) is 4. The van der Waals surface area contributed by atoms with Gasteiger partial charge in [0.05, 0.1) is 0 Å². The number of rotatable bonds is 6. The Morgan fingerprint density at radius 1 is 0.964 bits per heavy atom. The molecule has 28 heavy (non-hydrogen) atoms. The van der Waals surface area contributed by atoms with Gasteiger partial charge in [-0.25, -0.2) is 0 Å². The van der Waals surface area contributed by atoms with Gasteiger partial charge in [-0.15, -0.1) is 0 Å². The van der Waals surface area contributed by atoms with Crippen LogP contribution in [0.3, 0.4) is 0 Å². The fourth-order valence-electron chi connectivity index (χ4n) is 2.39. The standard InChI is InChI=1S/C22H19N3O3/c1-23-22(27)20-15-19(13-14-24-20)28-18-10-8-17(9-11-18)25-21(26)12-7-16-5-3-2-4-6-16/h2-15H,1H3,(H,23,27)(H,25,26)/b12-7+. The zero-order valence-corrected chi connectivity index (χ0v) is 15.3. The van der Waals surface area contributed by atoms with E-state index in [0.29, 0.717) is 17.2 Å². The number of ether oxygens (including phenoxy) is 1. The molecule has 0 radical (unpaired) electrons. The average molecular weight is 373 g/mol. The Bertz CT molecular complexity index is 983. The summed E-state index contributed by atoms with van der Waals surface area (Å²) in [6, 6.07) is 19.8. The van der Waals surface area contributed by atoms with E-state index >= 15 is 0 Å². The minimum Gasteiger partial charge on any atom is -0.457 e. The van der Waals surface area contributed by atoms with Crippen LogP contribution < -0.4 is 15.4 Å². The minimum atomic E-state index is -0.285. The second kappa shape index (κ2) is 9.14. The van der Waals surface area contributed by atoms with Crippen LogP contribution in [0.4, 0.5) is 5.69 Å². The van der Waals surface area contributed by atoms with Gasteiger partial charge in [0.25, 0.3) is 5.91 Å². The number of nitrogens with zero attached hydrogens (tertiary/aromatic N) is 1. The Morgan fingerprint density at radius 2 is 1.71 bits per heavy atom. The van der Waals surface area contributed by atoms with E-state index in [0.717, 1.165) is 5.56 Å². The quantitative estimate of drug-likeness (QED) is 0.643. The zero-order valence-electron chi connectivity index (χ0n) is 15.3. The third kappa shape index (κ3) is 5.28. The summed E-state index contributed by atoms with van der Waals surface area (Å²) in [5.74, 6) is 0.567. The average Bonchev–Trinajstić information content (AvgIpc) is 2.74. The molecule has 6 nitrogen and oxygen atoms in total. The van der Waals surface area contributed by atoms with E-state index in [4.69, 9.17) is 4.74 Å². The summed E-state index contributed by atoms with van der Waals surface area (Å²) in [7, 11) is 1.54. The molecule has 0 saturated heterocycles. The van der Waals surface area contributed by atoms with Gasteiger partial charge in [-0.2, -0.15) is 0 Å². The number of amides is 2. The summed E-state index contributed by atoms with van der Waals surface area (Å²) in [4.78, 5) is 27.6. The molecule has 0 saturated carbocycles. The molecule has 2 N–H and O–H groups in total. The van der Waals surface area contributed by atoms with Gasteiger partial charge < -0.3 is 15.4 Å². The summed E-state index contributed by atoms with van der Waals surface area (Å²) in [5.41, 5.74) is 1.87. The van der Waals surface area contributed by atoms with Crippen molar-refractivity contribution in [2.45, 2.75) is 0 Å². The molecule has 3 aromatic rings. The Morgan fingerprint density at radius 3 is 2.43 bits per heavy atom. The highest BCUT2D eigenvalue weighted by atomic mass is 16.5. The number of anilines is 1. The number of nitrogens with one attached hydrogen (secondary N) is 2. The Kier molecular flexibility index (Phi) is 6.15. The van der Waals surface area contributed by atoms with Crippen LogP contribution in [-0.4, -0.2) is 23.8 Å². The molecule has 0 fully saturated rings. The van der Waals surface area contributed by atoms with Crippen molar-refractivity contribution in [1.82, 2.24) is 10.3 Å². The highest BCUT2D eigenvalue weighted by Crippen LogP contribution is 2.23. The van der Waals surface area contributed by atoms with Crippen LogP contribution in [0.15, 0.2) is 79.0 Å². The lowest BCUT2D eigenvalue weighted by Gasteiger charge is -2.08. The highest BCUT2D eigenvalue weighted by molar-refractivity contribution is 6.01. The first-order valence-corrected chi connectivity index (χ1v) is 8.64. The van der Waals surface area contributed by atoms with Crippen molar-refractivity contribution < 1.29 is 14.3 Å². The van der Waals surface area contributed by atoms with Gasteiger partial charge in [0.2, 0.25) is 5.91 Å². The van der Waals surface area contributed by atoms with Gasteiger partial charge in [0.1, 0.15) is 17.2 Å². The molecule has 140 valence electrons. The van der Waals surface area contributed by atoms with E-state index in [1.54, 1.807) is 49.5 Å². The molecule has 0 spiro atoms. The highest BCUT2D eigenvalue weighted by Gasteiger charge is 2.07. The monoisotopic (exact) mass is 373 g/mol. The molecular weight excluding hydrogens is 354 g/mol. The lowest BCUT2D eigenvalue weighted by atomic mass is 10.2. The van der Waals surface area contributed by atoms with Crippen LogP contribution in [0.25, 0.3) is 6.08 Å². The summed E-state index contributed by atoms with van der Waals surface area (Å²) in [6.45, 7) is 0. The molecule has 1 heterocycles. The third-order valence-electron chi connectivity index (χ3n) is 3.78. The lowest BCUT2D eigenvalue weighted by molar-refractivity contribution is -0.111. The van der Waals surface area contributed by atoms with Crippen molar-refractivity contribution >= 4 is 23.6 Å². The fraction of sp³-hybridized carbons (Fsp3) is 0.0455. The van der Waals surface area contributed by atoms with Crippen LogP contribution in [-0.2, 0) is 4.79 Å². The van der Waals surface area contributed by atoms with Crippen molar-refractivity contribution in [2.75, 3.05) is 12.4 Å². The third-order valence-corrected chi connectivity index (χ3v) is 3.78. The van der Waals surface area contributed by atoms with Crippen LogP contribution in [0.1, 0.15) is 16.1 Å². The van der Waals surface area contributed by atoms with E-state index in [2.05, 4.69) is 15.6 Å². The van der Waals surface area contributed by atoms with Gasteiger partial charge in [-0.3, -0.25) is 14.6 Å². The van der Waals surface area contributed by atoms with Gasteiger partial charge in [0, 0.05) is 31.1 Å². The van der Waals surface area contributed by atoms with Crippen molar-refractivity contribution in [3.63, 3.8) is 0 Å². The van der Waals surface area contributed by atoms with Crippen molar-refractivity contribution in [2.24, 2.45) is 0 Å². The smallest absolute Gasteiger partial charge is 0.269 e. The predicted molar refractivity (Wildman–Crippen MR) is 108 cm³/mol. The normalized spacial score (nSPS) is 10.5. The largest absolute Gasteiger partial charge is 0.457 e. The summed E-state index contributed by atoms with van der Waals surface area (Å²) in [5, 5.41) is 5.31. The predicted octanol–water partition coefficient (Wildman–Crippen LogP) is 3.89. The number of benzene rings is 2. The molecule has 0 atom stereocenters. The molecule has 2 amide bonds. The molecule has 1 aromatic heterocycles. The molecule has 6 heteroatoms.